The van der Waals surface area contributed by atoms with Gasteiger partial charge >= 0.3 is 0 Å². The van der Waals surface area contributed by atoms with E-state index in [1.54, 1.807) is 0 Å². The first-order valence-corrected chi connectivity index (χ1v) is 6.36. The summed E-state index contributed by atoms with van der Waals surface area (Å²) in [5.74, 6) is 0. The number of hydrogen-bond acceptors (Lipinski definition) is 2. The molecular formula is C9H21NO2S. The average Bonchev–Trinajstić information content (AvgIpc) is 1.77. The summed E-state index contributed by atoms with van der Waals surface area (Å²) < 4.78 is 24.3. The van der Waals surface area contributed by atoms with E-state index in [-0.39, 0.29) is 11.5 Å². The lowest BCUT2D eigenvalue weighted by molar-refractivity contribution is 0.251. The lowest BCUT2D eigenvalue weighted by Crippen LogP contribution is -2.41. The molecule has 0 unspecified atom stereocenters. The van der Waals surface area contributed by atoms with Crippen LogP contribution in [0.25, 0.3) is 0 Å². The quantitative estimate of drug-likeness (QED) is 0.706. The van der Waals surface area contributed by atoms with E-state index < -0.39 is 10.0 Å². The molecule has 0 N–H and O–H groups in total. The van der Waals surface area contributed by atoms with Crippen LogP contribution in [0.5, 0.6) is 0 Å². The van der Waals surface area contributed by atoms with Crippen molar-refractivity contribution in [1.29, 1.82) is 0 Å². The zero-order valence-corrected chi connectivity index (χ0v) is 10.3. The van der Waals surface area contributed by atoms with Crippen LogP contribution in [0.15, 0.2) is 0 Å². The molecule has 0 bridgehead atoms. The van der Waals surface area contributed by atoms with Crippen LogP contribution in [0.1, 0.15) is 34.6 Å². The maximum absolute atomic E-state index is 11.4. The highest BCUT2D eigenvalue weighted by molar-refractivity contribution is 7.88. The Bertz CT molecular complexity index is 249. The molecule has 0 saturated heterocycles. The number of hydrogen-bond donors (Lipinski definition) is 0. The summed E-state index contributed by atoms with van der Waals surface area (Å²) in [5, 5.41) is 0. The second-order valence-corrected chi connectivity index (χ2v) is 6.90. The SMILES string of the molecule is CC(C)N(CC(C)(C)C)S(C)(=O)=O. The van der Waals surface area contributed by atoms with E-state index in [4.69, 9.17) is 0 Å². The zero-order valence-electron chi connectivity index (χ0n) is 9.46. The summed E-state index contributed by atoms with van der Waals surface area (Å²) >= 11 is 0. The van der Waals surface area contributed by atoms with Crippen molar-refractivity contribution in [2.75, 3.05) is 12.8 Å². The number of rotatable bonds is 3. The van der Waals surface area contributed by atoms with Gasteiger partial charge in [-0.3, -0.25) is 0 Å². The normalized spacial score (nSPS) is 14.2. The van der Waals surface area contributed by atoms with Gasteiger partial charge in [0.1, 0.15) is 0 Å². The van der Waals surface area contributed by atoms with Gasteiger partial charge in [0.2, 0.25) is 10.0 Å². The maximum Gasteiger partial charge on any atom is 0.211 e. The molecule has 0 radical (unpaired) electrons. The van der Waals surface area contributed by atoms with Gasteiger partial charge in [-0.2, -0.15) is 4.31 Å². The fourth-order valence-corrected chi connectivity index (χ4v) is 2.54. The molecule has 0 fully saturated rings. The first kappa shape index (κ1) is 12.9. The number of nitrogens with zero attached hydrogens (tertiary/aromatic N) is 1. The fourth-order valence-electron chi connectivity index (χ4n) is 1.15. The van der Waals surface area contributed by atoms with Crippen LogP contribution in [0.2, 0.25) is 0 Å². The molecule has 0 aliphatic rings. The Kier molecular flexibility index (Phi) is 3.94. The molecule has 4 heteroatoms. The van der Waals surface area contributed by atoms with E-state index in [2.05, 4.69) is 0 Å². The molecule has 13 heavy (non-hydrogen) atoms. The Morgan fingerprint density at radius 3 is 1.69 bits per heavy atom. The fraction of sp³-hybridized carbons (Fsp3) is 1.00. The zero-order chi connectivity index (χ0) is 10.9. The second kappa shape index (κ2) is 3.96. The van der Waals surface area contributed by atoms with E-state index in [9.17, 15) is 8.42 Å². The Labute approximate surface area is 82.2 Å². The molecular weight excluding hydrogens is 186 g/mol. The van der Waals surface area contributed by atoms with Gasteiger partial charge in [0.15, 0.2) is 0 Å². The van der Waals surface area contributed by atoms with Crippen molar-refractivity contribution < 1.29 is 8.42 Å². The topological polar surface area (TPSA) is 37.4 Å². The smallest absolute Gasteiger partial charge is 0.211 e. The van der Waals surface area contributed by atoms with E-state index >= 15 is 0 Å². The molecule has 0 aliphatic heterocycles. The summed E-state index contributed by atoms with van der Waals surface area (Å²) in [6, 6.07) is 0.0363. The second-order valence-electron chi connectivity index (χ2n) is 4.96. The predicted octanol–water partition coefficient (Wildman–Crippen LogP) is 1.70. The molecule has 0 aliphatic carbocycles. The van der Waals surface area contributed by atoms with Crippen LogP contribution < -0.4 is 0 Å². The van der Waals surface area contributed by atoms with Crippen molar-refractivity contribution in [2.24, 2.45) is 5.41 Å². The predicted molar refractivity (Wildman–Crippen MR) is 56.1 cm³/mol. The monoisotopic (exact) mass is 207 g/mol. The number of sulfonamides is 1. The van der Waals surface area contributed by atoms with Gasteiger partial charge in [0.25, 0.3) is 0 Å². The summed E-state index contributed by atoms with van der Waals surface area (Å²) in [4.78, 5) is 0. The Hall–Kier alpha value is -0.0900. The minimum atomic E-state index is -3.06. The van der Waals surface area contributed by atoms with Gasteiger partial charge in [0, 0.05) is 12.6 Å². The third-order valence-corrected chi connectivity index (χ3v) is 3.03. The summed E-state index contributed by atoms with van der Waals surface area (Å²) in [6.07, 6.45) is 1.26. The third kappa shape index (κ3) is 5.26. The first-order valence-electron chi connectivity index (χ1n) is 4.51. The van der Waals surface area contributed by atoms with Crippen LogP contribution in [-0.4, -0.2) is 31.6 Å². The standard InChI is InChI=1S/C9H21NO2S/c1-8(2)10(13(6,11)12)7-9(3,4)5/h8H,7H2,1-6H3. The molecule has 0 rings (SSSR count). The van der Waals surface area contributed by atoms with Gasteiger partial charge in [0.05, 0.1) is 6.26 Å². The van der Waals surface area contributed by atoms with Crippen LogP contribution in [0.4, 0.5) is 0 Å². The molecule has 80 valence electrons. The minimum absolute atomic E-state index is 0.00729. The van der Waals surface area contributed by atoms with Gasteiger partial charge in [-0.05, 0) is 19.3 Å². The molecule has 0 aromatic rings. The molecule has 0 amide bonds. The van der Waals surface area contributed by atoms with E-state index in [0.717, 1.165) is 0 Å². The van der Waals surface area contributed by atoms with E-state index in [0.29, 0.717) is 6.54 Å². The van der Waals surface area contributed by atoms with Crippen molar-refractivity contribution in [3.8, 4) is 0 Å². The minimum Gasteiger partial charge on any atom is -0.212 e. The van der Waals surface area contributed by atoms with Crippen LogP contribution in [0, 0.1) is 5.41 Å². The first-order chi connectivity index (χ1) is 5.54. The van der Waals surface area contributed by atoms with Gasteiger partial charge in [-0.15, -0.1) is 0 Å². The molecule has 0 spiro atoms. The third-order valence-electron chi connectivity index (χ3n) is 1.63. The molecule has 0 saturated carbocycles. The Morgan fingerprint density at radius 1 is 1.23 bits per heavy atom. The van der Waals surface area contributed by atoms with Crippen molar-refractivity contribution in [2.45, 2.75) is 40.7 Å². The summed E-state index contributed by atoms with van der Waals surface area (Å²) in [5.41, 5.74) is 0.00729. The van der Waals surface area contributed by atoms with E-state index in [1.165, 1.54) is 10.6 Å². The molecule has 0 aromatic carbocycles. The highest BCUT2D eigenvalue weighted by Crippen LogP contribution is 2.18. The molecule has 3 nitrogen and oxygen atoms in total. The highest BCUT2D eigenvalue weighted by atomic mass is 32.2. The lowest BCUT2D eigenvalue weighted by Gasteiger charge is -2.30. The van der Waals surface area contributed by atoms with E-state index in [1.807, 2.05) is 34.6 Å². The molecule has 0 aromatic heterocycles. The van der Waals surface area contributed by atoms with Gasteiger partial charge in [-0.25, -0.2) is 8.42 Å². The van der Waals surface area contributed by atoms with Crippen LogP contribution in [0.3, 0.4) is 0 Å². The average molecular weight is 207 g/mol. The maximum atomic E-state index is 11.4. The van der Waals surface area contributed by atoms with Gasteiger partial charge < -0.3 is 0 Å². The van der Waals surface area contributed by atoms with Gasteiger partial charge in [-0.1, -0.05) is 20.8 Å². The van der Waals surface area contributed by atoms with Crippen molar-refractivity contribution in [3.05, 3.63) is 0 Å². The Morgan fingerprint density at radius 2 is 1.62 bits per heavy atom. The largest absolute Gasteiger partial charge is 0.212 e. The molecule has 0 heterocycles. The van der Waals surface area contributed by atoms with Crippen LogP contribution >= 0.6 is 0 Å². The molecule has 0 atom stereocenters. The van der Waals surface area contributed by atoms with Crippen LogP contribution in [-0.2, 0) is 10.0 Å². The van der Waals surface area contributed by atoms with Crippen molar-refractivity contribution in [1.82, 2.24) is 4.31 Å². The highest BCUT2D eigenvalue weighted by Gasteiger charge is 2.25. The summed E-state index contributed by atoms with van der Waals surface area (Å²) in [7, 11) is -3.06. The lowest BCUT2D eigenvalue weighted by atomic mass is 9.97. The Balaban J connectivity index is 4.67. The van der Waals surface area contributed by atoms with Crippen molar-refractivity contribution >= 4 is 10.0 Å². The van der Waals surface area contributed by atoms with Crippen molar-refractivity contribution in [3.63, 3.8) is 0 Å². The summed E-state index contributed by atoms with van der Waals surface area (Å²) in [6.45, 7) is 10.5.